The first-order valence-electron chi connectivity index (χ1n) is 6.72. The van der Waals surface area contributed by atoms with Gasteiger partial charge < -0.3 is 10.6 Å². The highest BCUT2D eigenvalue weighted by atomic mass is 32.1. The van der Waals surface area contributed by atoms with Gasteiger partial charge in [-0.15, -0.1) is 11.3 Å². The lowest BCUT2D eigenvalue weighted by Gasteiger charge is -2.23. The van der Waals surface area contributed by atoms with Crippen molar-refractivity contribution in [3.05, 3.63) is 34.7 Å². The summed E-state index contributed by atoms with van der Waals surface area (Å²) in [6.45, 7) is 1.86. The predicted octanol–water partition coefficient (Wildman–Crippen LogP) is 2.25. The largest absolute Gasteiger partial charge is 0.347 e. The SMILES string of the molecule is N#Cc1cccc2cc(C(=O)NC3CCCNC3)sc12. The van der Waals surface area contributed by atoms with Crippen LogP contribution in [0.15, 0.2) is 24.3 Å². The molecule has 2 N–H and O–H groups in total. The Labute approximate surface area is 121 Å². The number of fused-ring (bicyclic) bond motifs is 1. The molecule has 0 bridgehead atoms. The van der Waals surface area contributed by atoms with Crippen LogP contribution in [-0.2, 0) is 0 Å². The number of nitrogens with zero attached hydrogens (tertiary/aromatic N) is 1. The second-order valence-electron chi connectivity index (χ2n) is 4.96. The van der Waals surface area contributed by atoms with Gasteiger partial charge in [-0.3, -0.25) is 4.79 Å². The first-order valence-corrected chi connectivity index (χ1v) is 7.54. The number of piperidine rings is 1. The van der Waals surface area contributed by atoms with Crippen LogP contribution in [0.5, 0.6) is 0 Å². The number of hydrogen-bond acceptors (Lipinski definition) is 4. The molecule has 20 heavy (non-hydrogen) atoms. The van der Waals surface area contributed by atoms with Crippen LogP contribution in [0.4, 0.5) is 0 Å². The molecular weight excluding hydrogens is 270 g/mol. The molecule has 1 unspecified atom stereocenters. The summed E-state index contributed by atoms with van der Waals surface area (Å²) in [6.07, 6.45) is 2.11. The highest BCUT2D eigenvalue weighted by Gasteiger charge is 2.18. The fourth-order valence-corrected chi connectivity index (χ4v) is 3.52. The van der Waals surface area contributed by atoms with Crippen molar-refractivity contribution in [1.82, 2.24) is 10.6 Å². The van der Waals surface area contributed by atoms with E-state index in [4.69, 9.17) is 5.26 Å². The summed E-state index contributed by atoms with van der Waals surface area (Å²) in [5.41, 5.74) is 0.630. The van der Waals surface area contributed by atoms with E-state index in [2.05, 4.69) is 16.7 Å². The lowest BCUT2D eigenvalue weighted by Crippen LogP contribution is -2.45. The van der Waals surface area contributed by atoms with E-state index in [1.54, 1.807) is 6.07 Å². The number of benzene rings is 1. The maximum Gasteiger partial charge on any atom is 0.261 e. The van der Waals surface area contributed by atoms with E-state index in [0.717, 1.165) is 36.0 Å². The minimum absolute atomic E-state index is 0.0382. The average Bonchev–Trinajstić information content (AvgIpc) is 2.92. The quantitative estimate of drug-likeness (QED) is 0.889. The molecule has 1 aliphatic heterocycles. The molecule has 3 rings (SSSR count). The fraction of sp³-hybridized carbons (Fsp3) is 0.333. The molecule has 5 heteroatoms. The molecule has 2 aromatic rings. The predicted molar refractivity (Wildman–Crippen MR) is 79.9 cm³/mol. The summed E-state index contributed by atoms with van der Waals surface area (Å²) < 4.78 is 0.891. The van der Waals surface area contributed by atoms with Crippen molar-refractivity contribution in [2.75, 3.05) is 13.1 Å². The molecule has 1 saturated heterocycles. The minimum atomic E-state index is -0.0382. The number of nitrogens with one attached hydrogen (secondary N) is 2. The van der Waals surface area contributed by atoms with Gasteiger partial charge in [0.15, 0.2) is 0 Å². The number of thiophene rings is 1. The van der Waals surface area contributed by atoms with Crippen LogP contribution in [0.2, 0.25) is 0 Å². The normalized spacial score (nSPS) is 18.6. The average molecular weight is 285 g/mol. The molecule has 1 aromatic heterocycles. The minimum Gasteiger partial charge on any atom is -0.347 e. The maximum atomic E-state index is 12.3. The van der Waals surface area contributed by atoms with Gasteiger partial charge in [0.1, 0.15) is 6.07 Å². The summed E-state index contributed by atoms with van der Waals surface area (Å²) in [7, 11) is 0. The van der Waals surface area contributed by atoms with Crippen LogP contribution in [0.25, 0.3) is 10.1 Å². The van der Waals surface area contributed by atoms with Crippen molar-refractivity contribution in [3.63, 3.8) is 0 Å². The molecular formula is C15H15N3OS. The molecule has 1 atom stereocenters. The Hall–Kier alpha value is -1.90. The number of carbonyl (C=O) groups excluding carboxylic acids is 1. The Morgan fingerprint density at radius 2 is 2.40 bits per heavy atom. The maximum absolute atomic E-state index is 12.3. The van der Waals surface area contributed by atoms with Crippen LogP contribution in [0.1, 0.15) is 28.1 Å². The van der Waals surface area contributed by atoms with Gasteiger partial charge in [-0.1, -0.05) is 12.1 Å². The van der Waals surface area contributed by atoms with Crippen LogP contribution in [0.3, 0.4) is 0 Å². The first kappa shape index (κ1) is 13.1. The second-order valence-corrected chi connectivity index (χ2v) is 6.02. The lowest BCUT2D eigenvalue weighted by atomic mass is 10.1. The Kier molecular flexibility index (Phi) is 3.68. The summed E-state index contributed by atoms with van der Waals surface area (Å²) in [5, 5.41) is 16.4. The van der Waals surface area contributed by atoms with Gasteiger partial charge in [0, 0.05) is 12.6 Å². The van der Waals surface area contributed by atoms with Gasteiger partial charge in [0.25, 0.3) is 5.91 Å². The van der Waals surface area contributed by atoms with Crippen molar-refractivity contribution < 1.29 is 4.79 Å². The van der Waals surface area contributed by atoms with Crippen molar-refractivity contribution in [2.45, 2.75) is 18.9 Å². The molecule has 1 fully saturated rings. The molecule has 0 radical (unpaired) electrons. The highest BCUT2D eigenvalue weighted by molar-refractivity contribution is 7.21. The standard InChI is InChI=1S/C15H15N3OS/c16-8-11-4-1-3-10-7-13(20-14(10)11)15(19)18-12-5-2-6-17-9-12/h1,3-4,7,12,17H,2,5-6,9H2,(H,18,19). The topological polar surface area (TPSA) is 64.9 Å². The Morgan fingerprint density at radius 3 is 3.15 bits per heavy atom. The molecule has 102 valence electrons. The lowest BCUT2D eigenvalue weighted by molar-refractivity contribution is 0.0935. The molecule has 0 saturated carbocycles. The third-order valence-electron chi connectivity index (χ3n) is 3.52. The van der Waals surface area contributed by atoms with Crippen molar-refractivity contribution in [2.24, 2.45) is 0 Å². The Balaban J connectivity index is 1.83. The van der Waals surface area contributed by atoms with Gasteiger partial charge in [-0.2, -0.15) is 5.26 Å². The summed E-state index contributed by atoms with van der Waals surface area (Å²) in [4.78, 5) is 12.9. The number of carbonyl (C=O) groups is 1. The fourth-order valence-electron chi connectivity index (χ4n) is 2.49. The van der Waals surface area contributed by atoms with Crippen molar-refractivity contribution >= 4 is 27.3 Å². The number of hydrogen-bond donors (Lipinski definition) is 2. The van der Waals surface area contributed by atoms with Gasteiger partial charge in [-0.25, -0.2) is 0 Å². The number of nitriles is 1. The zero-order valence-electron chi connectivity index (χ0n) is 11.0. The molecule has 0 spiro atoms. The Bertz CT molecular complexity index is 680. The second kappa shape index (κ2) is 5.61. The highest BCUT2D eigenvalue weighted by Crippen LogP contribution is 2.28. The van der Waals surface area contributed by atoms with Gasteiger partial charge in [0.2, 0.25) is 0 Å². The molecule has 1 amide bonds. The van der Waals surface area contributed by atoms with Crippen LogP contribution in [0, 0.1) is 11.3 Å². The van der Waals surface area contributed by atoms with E-state index >= 15 is 0 Å². The van der Waals surface area contributed by atoms with Crippen molar-refractivity contribution in [3.8, 4) is 6.07 Å². The molecule has 1 aliphatic rings. The number of rotatable bonds is 2. The van der Waals surface area contributed by atoms with Crippen LogP contribution >= 0.6 is 11.3 Å². The smallest absolute Gasteiger partial charge is 0.261 e. The molecule has 2 heterocycles. The summed E-state index contributed by atoms with van der Waals surface area (Å²) >= 11 is 1.39. The monoisotopic (exact) mass is 285 g/mol. The van der Waals surface area contributed by atoms with E-state index in [-0.39, 0.29) is 11.9 Å². The van der Waals surface area contributed by atoms with E-state index < -0.39 is 0 Å². The molecule has 4 nitrogen and oxygen atoms in total. The van der Waals surface area contributed by atoms with Gasteiger partial charge in [-0.05, 0) is 36.9 Å². The van der Waals surface area contributed by atoms with Crippen LogP contribution < -0.4 is 10.6 Å². The van der Waals surface area contributed by atoms with E-state index in [1.165, 1.54) is 11.3 Å². The van der Waals surface area contributed by atoms with E-state index in [0.29, 0.717) is 10.4 Å². The molecule has 1 aromatic carbocycles. The third kappa shape index (κ3) is 2.53. The Morgan fingerprint density at radius 1 is 1.50 bits per heavy atom. The number of amides is 1. The molecule has 0 aliphatic carbocycles. The third-order valence-corrected chi connectivity index (χ3v) is 4.70. The van der Waals surface area contributed by atoms with Gasteiger partial charge in [0.05, 0.1) is 15.1 Å². The summed E-state index contributed by atoms with van der Waals surface area (Å²) in [5.74, 6) is -0.0382. The van der Waals surface area contributed by atoms with Crippen LogP contribution in [-0.4, -0.2) is 25.0 Å². The zero-order valence-corrected chi connectivity index (χ0v) is 11.8. The zero-order chi connectivity index (χ0) is 13.9. The first-order chi connectivity index (χ1) is 9.78. The summed E-state index contributed by atoms with van der Waals surface area (Å²) in [6, 6.07) is 9.81. The van der Waals surface area contributed by atoms with E-state index in [9.17, 15) is 4.79 Å². The van der Waals surface area contributed by atoms with Gasteiger partial charge >= 0.3 is 0 Å². The van der Waals surface area contributed by atoms with Crippen molar-refractivity contribution in [1.29, 1.82) is 5.26 Å². The van der Waals surface area contributed by atoms with E-state index in [1.807, 2.05) is 18.2 Å².